The van der Waals surface area contributed by atoms with Gasteiger partial charge >= 0.3 is 0 Å². The number of hydrogen-bond donors (Lipinski definition) is 1. The first-order valence-corrected chi connectivity index (χ1v) is 6.57. The second-order valence-electron chi connectivity index (χ2n) is 4.75. The fourth-order valence-electron chi connectivity index (χ4n) is 1.86. The molecule has 1 amide bonds. The third-order valence-electron chi connectivity index (χ3n) is 2.98. The van der Waals surface area contributed by atoms with Crippen molar-refractivity contribution in [2.24, 2.45) is 0 Å². The maximum Gasteiger partial charge on any atom is 0.257 e. The molecule has 5 heteroatoms. The number of rotatable bonds is 3. The molecule has 1 aromatic heterocycles. The lowest BCUT2D eigenvalue weighted by atomic mass is 10.1. The number of nitrogen functional groups attached to an aromatic ring is 1. The van der Waals surface area contributed by atoms with E-state index in [1.54, 1.807) is 18.0 Å². The fourth-order valence-corrected chi connectivity index (χ4v) is 2.04. The molecule has 20 heavy (non-hydrogen) atoms. The van der Waals surface area contributed by atoms with Gasteiger partial charge < -0.3 is 10.6 Å². The van der Waals surface area contributed by atoms with E-state index in [0.717, 1.165) is 5.56 Å². The Kier molecular flexibility index (Phi) is 4.25. The highest BCUT2D eigenvalue weighted by atomic mass is 35.5. The van der Waals surface area contributed by atoms with Crippen molar-refractivity contribution in [2.45, 2.75) is 13.5 Å². The molecule has 0 unspecified atom stereocenters. The minimum Gasteiger partial charge on any atom is -0.397 e. The van der Waals surface area contributed by atoms with Gasteiger partial charge in [0.25, 0.3) is 5.91 Å². The number of anilines is 1. The predicted molar refractivity (Wildman–Crippen MR) is 80.6 cm³/mol. The van der Waals surface area contributed by atoms with Crippen LogP contribution < -0.4 is 5.73 Å². The van der Waals surface area contributed by atoms with Gasteiger partial charge in [0.2, 0.25) is 0 Å². The summed E-state index contributed by atoms with van der Waals surface area (Å²) in [5.74, 6) is -0.199. The number of aromatic nitrogens is 1. The Morgan fingerprint density at radius 2 is 2.00 bits per heavy atom. The first-order chi connectivity index (χ1) is 9.47. The number of carbonyl (C=O) groups is 1. The molecule has 0 fully saturated rings. The van der Waals surface area contributed by atoms with Crippen molar-refractivity contribution >= 4 is 23.2 Å². The summed E-state index contributed by atoms with van der Waals surface area (Å²) in [7, 11) is 1.72. The lowest BCUT2D eigenvalue weighted by molar-refractivity contribution is 0.0785. The number of hydrogen-bond acceptors (Lipinski definition) is 3. The van der Waals surface area contributed by atoms with Crippen LogP contribution in [0.25, 0.3) is 0 Å². The zero-order chi connectivity index (χ0) is 14.7. The molecule has 4 nitrogen and oxygen atoms in total. The van der Waals surface area contributed by atoms with Crippen molar-refractivity contribution in [3.8, 4) is 0 Å². The van der Waals surface area contributed by atoms with Crippen LogP contribution in [0.15, 0.2) is 36.5 Å². The van der Waals surface area contributed by atoms with Crippen molar-refractivity contribution < 1.29 is 4.79 Å². The number of halogens is 1. The second-order valence-corrected chi connectivity index (χ2v) is 5.11. The Balaban J connectivity index is 2.16. The van der Waals surface area contributed by atoms with Crippen LogP contribution in [0.2, 0.25) is 5.15 Å². The third-order valence-corrected chi connectivity index (χ3v) is 3.28. The van der Waals surface area contributed by atoms with Gasteiger partial charge in [-0.2, -0.15) is 0 Å². The van der Waals surface area contributed by atoms with Gasteiger partial charge in [0.1, 0.15) is 5.15 Å². The van der Waals surface area contributed by atoms with E-state index in [1.165, 1.54) is 11.8 Å². The first kappa shape index (κ1) is 14.3. The van der Waals surface area contributed by atoms with Gasteiger partial charge in [-0.25, -0.2) is 4.98 Å². The van der Waals surface area contributed by atoms with Gasteiger partial charge in [0, 0.05) is 13.6 Å². The maximum absolute atomic E-state index is 12.3. The molecule has 0 saturated heterocycles. The van der Waals surface area contributed by atoms with Crippen LogP contribution in [-0.2, 0) is 6.54 Å². The highest BCUT2D eigenvalue weighted by molar-refractivity contribution is 6.32. The van der Waals surface area contributed by atoms with Gasteiger partial charge in [0.05, 0.1) is 17.4 Å². The van der Waals surface area contributed by atoms with Crippen LogP contribution in [0.3, 0.4) is 0 Å². The summed E-state index contributed by atoms with van der Waals surface area (Å²) in [6, 6.07) is 9.57. The van der Waals surface area contributed by atoms with E-state index in [1.807, 2.05) is 31.2 Å². The first-order valence-electron chi connectivity index (χ1n) is 6.19. The van der Waals surface area contributed by atoms with Crippen LogP contribution in [-0.4, -0.2) is 22.8 Å². The topological polar surface area (TPSA) is 59.2 Å². The largest absolute Gasteiger partial charge is 0.397 e. The number of nitrogens with two attached hydrogens (primary N) is 1. The molecule has 104 valence electrons. The van der Waals surface area contributed by atoms with Gasteiger partial charge in [0.15, 0.2) is 0 Å². The minimum absolute atomic E-state index is 0.167. The molecule has 0 aliphatic heterocycles. The normalized spacial score (nSPS) is 10.3. The lowest BCUT2D eigenvalue weighted by Gasteiger charge is -2.18. The third kappa shape index (κ3) is 3.27. The van der Waals surface area contributed by atoms with Gasteiger partial charge in [-0.05, 0) is 18.6 Å². The molecule has 0 saturated carbocycles. The standard InChI is InChI=1S/C15H16ClN3O/c1-10-3-5-11(6-4-10)9-19(2)15(20)13-7-12(17)8-18-14(13)16/h3-8H,9,17H2,1-2H3. The number of pyridine rings is 1. The van der Waals surface area contributed by atoms with E-state index in [-0.39, 0.29) is 11.1 Å². The molecule has 2 rings (SSSR count). The molecule has 0 atom stereocenters. The highest BCUT2D eigenvalue weighted by Crippen LogP contribution is 2.18. The van der Waals surface area contributed by atoms with Crippen molar-refractivity contribution in [3.63, 3.8) is 0 Å². The van der Waals surface area contributed by atoms with Crippen LogP contribution in [0, 0.1) is 6.92 Å². The van der Waals surface area contributed by atoms with Gasteiger partial charge in [-0.3, -0.25) is 4.79 Å². The van der Waals surface area contributed by atoms with Crippen LogP contribution >= 0.6 is 11.6 Å². The summed E-state index contributed by atoms with van der Waals surface area (Å²) in [4.78, 5) is 17.8. The minimum atomic E-state index is -0.199. The van der Waals surface area contributed by atoms with Crippen LogP contribution in [0.1, 0.15) is 21.5 Å². The number of amides is 1. The monoisotopic (exact) mass is 289 g/mol. The zero-order valence-corrected chi connectivity index (χ0v) is 12.2. The molecule has 0 spiro atoms. The molecule has 0 aliphatic rings. The van der Waals surface area contributed by atoms with Crippen molar-refractivity contribution in [3.05, 3.63) is 58.4 Å². The highest BCUT2D eigenvalue weighted by Gasteiger charge is 2.16. The average Bonchev–Trinajstić information content (AvgIpc) is 2.43. The zero-order valence-electron chi connectivity index (χ0n) is 11.4. The molecule has 0 radical (unpaired) electrons. The molecular formula is C15H16ClN3O. The number of benzene rings is 1. The van der Waals surface area contributed by atoms with Crippen molar-refractivity contribution in [1.82, 2.24) is 9.88 Å². The number of carbonyl (C=O) groups excluding carboxylic acids is 1. The molecule has 2 aromatic rings. The lowest BCUT2D eigenvalue weighted by Crippen LogP contribution is -2.26. The smallest absolute Gasteiger partial charge is 0.257 e. The molecule has 2 N–H and O–H groups in total. The summed E-state index contributed by atoms with van der Waals surface area (Å²) in [6.07, 6.45) is 1.43. The second kappa shape index (κ2) is 5.92. The summed E-state index contributed by atoms with van der Waals surface area (Å²) < 4.78 is 0. The Morgan fingerprint density at radius 3 is 2.65 bits per heavy atom. The fraction of sp³-hybridized carbons (Fsp3) is 0.200. The van der Waals surface area contributed by atoms with E-state index in [4.69, 9.17) is 17.3 Å². The molecular weight excluding hydrogens is 274 g/mol. The Bertz CT molecular complexity index is 626. The molecule has 0 bridgehead atoms. The molecule has 0 aliphatic carbocycles. The van der Waals surface area contributed by atoms with E-state index in [9.17, 15) is 4.79 Å². The Hall–Kier alpha value is -2.07. The summed E-state index contributed by atoms with van der Waals surface area (Å²) >= 11 is 5.94. The SMILES string of the molecule is Cc1ccc(CN(C)C(=O)c2cc(N)cnc2Cl)cc1. The maximum atomic E-state index is 12.3. The van der Waals surface area contributed by atoms with E-state index >= 15 is 0 Å². The summed E-state index contributed by atoms with van der Waals surface area (Å²) in [5.41, 5.74) is 8.62. The van der Waals surface area contributed by atoms with Crippen molar-refractivity contribution in [1.29, 1.82) is 0 Å². The van der Waals surface area contributed by atoms with Crippen LogP contribution in [0.4, 0.5) is 5.69 Å². The quantitative estimate of drug-likeness (QED) is 0.884. The Labute approximate surface area is 123 Å². The summed E-state index contributed by atoms with van der Waals surface area (Å²) in [5, 5.41) is 0.167. The molecule has 1 heterocycles. The number of aryl methyl sites for hydroxylation is 1. The van der Waals surface area contributed by atoms with E-state index in [0.29, 0.717) is 17.8 Å². The van der Waals surface area contributed by atoms with E-state index < -0.39 is 0 Å². The average molecular weight is 290 g/mol. The van der Waals surface area contributed by atoms with Gasteiger partial charge in [-0.15, -0.1) is 0 Å². The van der Waals surface area contributed by atoms with E-state index in [2.05, 4.69) is 4.98 Å². The number of nitrogens with zero attached hydrogens (tertiary/aromatic N) is 2. The molecule has 1 aromatic carbocycles. The Morgan fingerprint density at radius 1 is 1.35 bits per heavy atom. The summed E-state index contributed by atoms with van der Waals surface area (Å²) in [6.45, 7) is 2.53. The van der Waals surface area contributed by atoms with Crippen molar-refractivity contribution in [2.75, 3.05) is 12.8 Å². The van der Waals surface area contributed by atoms with Crippen LogP contribution in [0.5, 0.6) is 0 Å². The van der Waals surface area contributed by atoms with Gasteiger partial charge in [-0.1, -0.05) is 41.4 Å². The predicted octanol–water partition coefficient (Wildman–Crippen LogP) is 2.90.